The van der Waals surface area contributed by atoms with E-state index in [4.69, 9.17) is 4.74 Å². The molecule has 0 spiro atoms. The van der Waals surface area contributed by atoms with Gasteiger partial charge in [-0.15, -0.1) is 0 Å². The van der Waals surface area contributed by atoms with Crippen molar-refractivity contribution >= 4 is 16.7 Å². The molecule has 128 valence electrons. The van der Waals surface area contributed by atoms with Gasteiger partial charge in [0.15, 0.2) is 0 Å². The second-order valence-corrected chi connectivity index (χ2v) is 6.28. The van der Waals surface area contributed by atoms with Gasteiger partial charge in [-0.25, -0.2) is 5.10 Å². The summed E-state index contributed by atoms with van der Waals surface area (Å²) in [6, 6.07) is 15.1. The van der Waals surface area contributed by atoms with Crippen molar-refractivity contribution in [3.63, 3.8) is 0 Å². The Kier molecular flexibility index (Phi) is 4.93. The first-order valence-electron chi connectivity index (χ1n) is 8.25. The molecule has 5 nitrogen and oxygen atoms in total. The van der Waals surface area contributed by atoms with E-state index in [1.807, 2.05) is 30.3 Å². The molecule has 1 N–H and O–H groups in total. The summed E-state index contributed by atoms with van der Waals surface area (Å²) >= 11 is 0. The fourth-order valence-corrected chi connectivity index (χ4v) is 2.66. The number of rotatable bonds is 5. The molecule has 0 saturated carbocycles. The lowest BCUT2D eigenvalue weighted by Gasteiger charge is -2.08. The van der Waals surface area contributed by atoms with Crippen molar-refractivity contribution < 1.29 is 9.53 Å². The minimum absolute atomic E-state index is 0.0152. The van der Waals surface area contributed by atoms with Crippen LogP contribution in [0.15, 0.2) is 53.3 Å². The van der Waals surface area contributed by atoms with Gasteiger partial charge in [0.2, 0.25) is 0 Å². The summed E-state index contributed by atoms with van der Waals surface area (Å²) in [5.74, 6) is 0.0915. The smallest absolute Gasteiger partial charge is 0.312 e. The molecule has 0 fully saturated rings. The van der Waals surface area contributed by atoms with Gasteiger partial charge in [-0.1, -0.05) is 56.3 Å². The van der Waals surface area contributed by atoms with Gasteiger partial charge >= 0.3 is 5.97 Å². The third kappa shape index (κ3) is 3.94. The zero-order chi connectivity index (χ0) is 17.8. The number of ether oxygens (including phenoxy) is 1. The van der Waals surface area contributed by atoms with Crippen LogP contribution < -0.4 is 5.56 Å². The predicted molar refractivity (Wildman–Crippen MR) is 96.4 cm³/mol. The highest BCUT2D eigenvalue weighted by Gasteiger charge is 2.12. The van der Waals surface area contributed by atoms with Crippen molar-refractivity contribution in [2.45, 2.75) is 32.8 Å². The van der Waals surface area contributed by atoms with E-state index in [-0.39, 0.29) is 24.6 Å². The van der Waals surface area contributed by atoms with Gasteiger partial charge in [-0.3, -0.25) is 9.59 Å². The molecule has 0 radical (unpaired) electrons. The molecule has 0 aliphatic rings. The van der Waals surface area contributed by atoms with Crippen LogP contribution in [0.25, 0.3) is 10.8 Å². The number of H-pyrrole nitrogens is 1. The maximum Gasteiger partial charge on any atom is 0.312 e. The number of esters is 1. The molecular weight excluding hydrogens is 316 g/mol. The molecule has 0 amide bonds. The third-order valence-corrected chi connectivity index (χ3v) is 4.13. The van der Waals surface area contributed by atoms with Gasteiger partial charge in [0.1, 0.15) is 6.61 Å². The molecule has 0 aliphatic heterocycles. The Morgan fingerprint density at radius 1 is 1.08 bits per heavy atom. The Hall–Kier alpha value is -2.95. The molecule has 0 bridgehead atoms. The number of aromatic nitrogens is 2. The van der Waals surface area contributed by atoms with E-state index < -0.39 is 0 Å². The Morgan fingerprint density at radius 2 is 1.76 bits per heavy atom. The summed E-state index contributed by atoms with van der Waals surface area (Å²) < 4.78 is 5.34. The van der Waals surface area contributed by atoms with E-state index in [1.165, 1.54) is 5.56 Å². The quantitative estimate of drug-likeness (QED) is 0.725. The molecule has 3 rings (SSSR count). The molecule has 0 unspecified atom stereocenters. The van der Waals surface area contributed by atoms with Crippen molar-refractivity contribution in [2.24, 2.45) is 0 Å². The lowest BCUT2D eigenvalue weighted by Crippen LogP contribution is -2.15. The van der Waals surface area contributed by atoms with Crippen LogP contribution in [-0.2, 0) is 22.6 Å². The van der Waals surface area contributed by atoms with E-state index in [0.717, 1.165) is 5.56 Å². The monoisotopic (exact) mass is 336 g/mol. The van der Waals surface area contributed by atoms with E-state index >= 15 is 0 Å². The van der Waals surface area contributed by atoms with Crippen LogP contribution in [0.5, 0.6) is 0 Å². The SMILES string of the molecule is CC(C)c1ccc(COC(=O)Cc2n[nH]c(=O)c3ccccc23)cc1. The fraction of sp³-hybridized carbons (Fsp3) is 0.250. The predicted octanol–water partition coefficient (Wildman–Crippen LogP) is 3.33. The Labute approximate surface area is 145 Å². The van der Waals surface area contributed by atoms with Crippen LogP contribution in [-0.4, -0.2) is 16.2 Å². The Balaban J connectivity index is 1.67. The van der Waals surface area contributed by atoms with Crippen LogP contribution in [0.3, 0.4) is 0 Å². The molecule has 2 aromatic carbocycles. The van der Waals surface area contributed by atoms with E-state index in [0.29, 0.717) is 22.4 Å². The summed E-state index contributed by atoms with van der Waals surface area (Å²) in [4.78, 5) is 23.9. The van der Waals surface area contributed by atoms with Crippen molar-refractivity contribution in [2.75, 3.05) is 0 Å². The fourth-order valence-electron chi connectivity index (χ4n) is 2.66. The lowest BCUT2D eigenvalue weighted by molar-refractivity contribution is -0.144. The number of fused-ring (bicyclic) bond motifs is 1. The summed E-state index contributed by atoms with van der Waals surface area (Å²) in [5, 5.41) is 7.61. The lowest BCUT2D eigenvalue weighted by atomic mass is 10.0. The zero-order valence-corrected chi connectivity index (χ0v) is 14.3. The zero-order valence-electron chi connectivity index (χ0n) is 14.3. The molecule has 5 heteroatoms. The standard InChI is InChI=1S/C20H20N2O3/c1-13(2)15-9-7-14(8-10-15)12-25-19(23)11-18-16-5-3-4-6-17(16)20(24)22-21-18/h3-10,13H,11-12H2,1-2H3,(H,22,24). The molecular formula is C20H20N2O3. The summed E-state index contributed by atoms with van der Waals surface area (Å²) in [5.41, 5.74) is 2.43. The number of carbonyl (C=O) groups is 1. The number of nitrogens with one attached hydrogen (secondary N) is 1. The first-order chi connectivity index (χ1) is 12.0. The average Bonchev–Trinajstić information content (AvgIpc) is 2.63. The first-order valence-corrected chi connectivity index (χ1v) is 8.25. The Morgan fingerprint density at radius 3 is 2.44 bits per heavy atom. The van der Waals surface area contributed by atoms with E-state index in [1.54, 1.807) is 18.2 Å². The number of hydrogen-bond donors (Lipinski definition) is 1. The normalized spacial score (nSPS) is 11.0. The van der Waals surface area contributed by atoms with Gasteiger partial charge < -0.3 is 4.74 Å². The van der Waals surface area contributed by atoms with Crippen LogP contribution in [0.2, 0.25) is 0 Å². The molecule has 1 heterocycles. The van der Waals surface area contributed by atoms with Crippen LogP contribution in [0.1, 0.15) is 36.6 Å². The maximum atomic E-state index is 12.1. The highest BCUT2D eigenvalue weighted by Crippen LogP contribution is 2.16. The second kappa shape index (κ2) is 7.30. The Bertz CT molecular complexity index is 943. The van der Waals surface area contributed by atoms with Gasteiger partial charge in [0, 0.05) is 5.39 Å². The number of benzene rings is 2. The number of carbonyl (C=O) groups excluding carboxylic acids is 1. The minimum Gasteiger partial charge on any atom is -0.461 e. The van der Waals surface area contributed by atoms with Crippen molar-refractivity contribution in [1.29, 1.82) is 0 Å². The average molecular weight is 336 g/mol. The molecule has 3 aromatic rings. The number of nitrogens with zero attached hydrogens (tertiary/aromatic N) is 1. The number of hydrogen-bond acceptors (Lipinski definition) is 4. The highest BCUT2D eigenvalue weighted by molar-refractivity contribution is 5.86. The minimum atomic E-state index is -0.377. The molecule has 0 aliphatic carbocycles. The second-order valence-electron chi connectivity index (χ2n) is 6.28. The highest BCUT2D eigenvalue weighted by atomic mass is 16.5. The third-order valence-electron chi connectivity index (χ3n) is 4.13. The van der Waals surface area contributed by atoms with Gasteiger partial charge in [-0.05, 0) is 23.1 Å². The largest absolute Gasteiger partial charge is 0.461 e. The summed E-state index contributed by atoms with van der Waals surface area (Å²) in [7, 11) is 0. The van der Waals surface area contributed by atoms with Crippen molar-refractivity contribution in [1.82, 2.24) is 10.2 Å². The maximum absolute atomic E-state index is 12.1. The topological polar surface area (TPSA) is 72.0 Å². The van der Waals surface area contributed by atoms with Crippen LogP contribution in [0.4, 0.5) is 0 Å². The van der Waals surface area contributed by atoms with E-state index in [9.17, 15) is 9.59 Å². The van der Waals surface area contributed by atoms with Crippen LogP contribution in [0, 0.1) is 0 Å². The molecule has 25 heavy (non-hydrogen) atoms. The van der Waals surface area contributed by atoms with Gasteiger partial charge in [0.05, 0.1) is 17.5 Å². The van der Waals surface area contributed by atoms with E-state index in [2.05, 4.69) is 24.0 Å². The number of aromatic amines is 1. The van der Waals surface area contributed by atoms with Gasteiger partial charge in [0.25, 0.3) is 5.56 Å². The van der Waals surface area contributed by atoms with Gasteiger partial charge in [-0.2, -0.15) is 5.10 Å². The first kappa shape index (κ1) is 16.9. The van der Waals surface area contributed by atoms with Crippen molar-refractivity contribution in [3.8, 4) is 0 Å². The molecule has 1 aromatic heterocycles. The van der Waals surface area contributed by atoms with Crippen molar-refractivity contribution in [3.05, 3.63) is 75.7 Å². The summed E-state index contributed by atoms with van der Waals surface area (Å²) in [6.45, 7) is 4.49. The summed E-state index contributed by atoms with van der Waals surface area (Å²) in [6.07, 6.45) is 0.0152. The van der Waals surface area contributed by atoms with Crippen LogP contribution >= 0.6 is 0 Å². The molecule has 0 atom stereocenters. The molecule has 0 saturated heterocycles.